The summed E-state index contributed by atoms with van der Waals surface area (Å²) < 4.78 is 0. The van der Waals surface area contributed by atoms with Gasteiger partial charge in [-0.3, -0.25) is 4.79 Å². The zero-order valence-corrected chi connectivity index (χ0v) is 7.18. The van der Waals surface area contributed by atoms with E-state index in [0.29, 0.717) is 6.42 Å². The van der Waals surface area contributed by atoms with E-state index in [1.54, 1.807) is 0 Å². The van der Waals surface area contributed by atoms with Crippen LogP contribution in [0, 0.1) is 5.41 Å². The molecule has 3 N–H and O–H groups in total. The van der Waals surface area contributed by atoms with Gasteiger partial charge in [0.15, 0.2) is 0 Å². The van der Waals surface area contributed by atoms with E-state index in [2.05, 4.69) is 0 Å². The highest BCUT2D eigenvalue weighted by molar-refractivity contribution is 5.75. The Labute approximate surface area is 71.9 Å². The Balaban J connectivity index is 2.25. The standard InChI is InChI=1S/C9H15NO2/c10-9-3-1-2-8(6-9,4-5-9)7(11)12/h1-6,10H2,(H,11,12). The minimum absolute atomic E-state index is 0.142. The fraction of sp³-hybridized carbons (Fsp3) is 0.889. The van der Waals surface area contributed by atoms with Crippen molar-refractivity contribution in [3.05, 3.63) is 0 Å². The van der Waals surface area contributed by atoms with Gasteiger partial charge in [-0.1, -0.05) is 6.42 Å². The fourth-order valence-corrected chi connectivity index (χ4v) is 2.83. The molecule has 3 nitrogen and oxygen atoms in total. The molecule has 2 saturated carbocycles. The molecule has 3 heteroatoms. The molecular formula is C9H15NO2. The Hall–Kier alpha value is -0.570. The summed E-state index contributed by atoms with van der Waals surface area (Å²) in [5, 5.41) is 9.07. The van der Waals surface area contributed by atoms with Gasteiger partial charge in [-0.15, -0.1) is 0 Å². The number of carboxylic acids is 1. The summed E-state index contributed by atoms with van der Waals surface area (Å²) >= 11 is 0. The van der Waals surface area contributed by atoms with E-state index < -0.39 is 11.4 Å². The monoisotopic (exact) mass is 169 g/mol. The Morgan fingerprint density at radius 3 is 2.58 bits per heavy atom. The Morgan fingerprint density at radius 2 is 2.00 bits per heavy atom. The van der Waals surface area contributed by atoms with Crippen LogP contribution in [-0.4, -0.2) is 16.6 Å². The zero-order chi connectivity index (χ0) is 8.82. The molecule has 2 rings (SSSR count). The number of aliphatic carboxylic acids is 1. The molecule has 0 saturated heterocycles. The van der Waals surface area contributed by atoms with Gasteiger partial charge in [0, 0.05) is 5.54 Å². The number of carbonyl (C=O) groups is 1. The van der Waals surface area contributed by atoms with Crippen molar-refractivity contribution in [3.63, 3.8) is 0 Å². The van der Waals surface area contributed by atoms with E-state index in [1.807, 2.05) is 0 Å². The van der Waals surface area contributed by atoms with E-state index in [4.69, 9.17) is 10.8 Å². The summed E-state index contributed by atoms with van der Waals surface area (Å²) in [6.45, 7) is 0. The van der Waals surface area contributed by atoms with Crippen LogP contribution in [0.4, 0.5) is 0 Å². The number of hydrogen-bond donors (Lipinski definition) is 2. The first-order chi connectivity index (χ1) is 5.56. The van der Waals surface area contributed by atoms with Crippen LogP contribution in [0.1, 0.15) is 38.5 Å². The van der Waals surface area contributed by atoms with Crippen LogP contribution >= 0.6 is 0 Å². The Morgan fingerprint density at radius 1 is 1.25 bits per heavy atom. The lowest BCUT2D eigenvalue weighted by Crippen LogP contribution is -2.43. The van der Waals surface area contributed by atoms with Gasteiger partial charge in [0.2, 0.25) is 0 Å². The van der Waals surface area contributed by atoms with Gasteiger partial charge in [-0.05, 0) is 32.1 Å². The average molecular weight is 169 g/mol. The van der Waals surface area contributed by atoms with E-state index in [-0.39, 0.29) is 5.54 Å². The molecule has 0 amide bonds. The highest BCUT2D eigenvalue weighted by Gasteiger charge is 2.53. The normalized spacial score (nSPS) is 46.1. The summed E-state index contributed by atoms with van der Waals surface area (Å²) in [5.41, 5.74) is 5.47. The number of rotatable bonds is 1. The molecule has 0 aromatic heterocycles. The van der Waals surface area contributed by atoms with Crippen molar-refractivity contribution in [1.82, 2.24) is 0 Å². The maximum atomic E-state index is 11.0. The molecule has 2 aliphatic rings. The molecule has 0 heterocycles. The molecule has 2 aliphatic carbocycles. The van der Waals surface area contributed by atoms with E-state index in [0.717, 1.165) is 32.1 Å². The molecule has 12 heavy (non-hydrogen) atoms. The van der Waals surface area contributed by atoms with Crippen molar-refractivity contribution in [2.24, 2.45) is 11.1 Å². The first-order valence-electron chi connectivity index (χ1n) is 4.59. The second kappa shape index (κ2) is 2.22. The van der Waals surface area contributed by atoms with E-state index in [1.165, 1.54) is 0 Å². The number of nitrogens with two attached hydrogens (primary N) is 1. The van der Waals surface area contributed by atoms with Crippen molar-refractivity contribution in [2.45, 2.75) is 44.1 Å². The zero-order valence-electron chi connectivity index (χ0n) is 7.18. The van der Waals surface area contributed by atoms with Crippen molar-refractivity contribution < 1.29 is 9.90 Å². The molecule has 2 atom stereocenters. The predicted octanol–water partition coefficient (Wildman–Crippen LogP) is 1.12. The molecule has 2 unspecified atom stereocenters. The number of carboxylic acid groups (broad SMARTS) is 1. The van der Waals surface area contributed by atoms with Gasteiger partial charge in [0.1, 0.15) is 0 Å². The minimum atomic E-state index is -0.630. The lowest BCUT2D eigenvalue weighted by Gasteiger charge is -2.34. The van der Waals surface area contributed by atoms with Crippen molar-refractivity contribution in [2.75, 3.05) is 0 Å². The molecule has 2 fully saturated rings. The molecule has 0 radical (unpaired) electrons. The summed E-state index contributed by atoms with van der Waals surface area (Å²) in [7, 11) is 0. The van der Waals surface area contributed by atoms with Crippen molar-refractivity contribution in [3.8, 4) is 0 Å². The van der Waals surface area contributed by atoms with Crippen LogP contribution in [0.3, 0.4) is 0 Å². The van der Waals surface area contributed by atoms with Crippen LogP contribution in [-0.2, 0) is 4.79 Å². The van der Waals surface area contributed by atoms with Crippen molar-refractivity contribution in [1.29, 1.82) is 0 Å². The SMILES string of the molecule is NC12CCCC(C(=O)O)(CC1)C2. The maximum absolute atomic E-state index is 11.0. The van der Waals surface area contributed by atoms with Crippen LogP contribution < -0.4 is 5.73 Å². The quantitative estimate of drug-likeness (QED) is 0.618. The summed E-state index contributed by atoms with van der Waals surface area (Å²) in [6.07, 6.45) is 5.24. The second-order valence-corrected chi connectivity index (χ2v) is 4.48. The molecule has 0 aliphatic heterocycles. The third kappa shape index (κ3) is 0.959. The first-order valence-corrected chi connectivity index (χ1v) is 4.59. The topological polar surface area (TPSA) is 63.3 Å². The molecule has 0 aromatic rings. The largest absolute Gasteiger partial charge is 0.481 e. The summed E-state index contributed by atoms with van der Waals surface area (Å²) in [5.74, 6) is -0.630. The summed E-state index contributed by atoms with van der Waals surface area (Å²) in [6, 6.07) is 0. The highest BCUT2D eigenvalue weighted by atomic mass is 16.4. The predicted molar refractivity (Wildman–Crippen MR) is 44.7 cm³/mol. The highest BCUT2D eigenvalue weighted by Crippen LogP contribution is 2.52. The number of hydrogen-bond acceptors (Lipinski definition) is 2. The van der Waals surface area contributed by atoms with Gasteiger partial charge in [-0.25, -0.2) is 0 Å². The second-order valence-electron chi connectivity index (χ2n) is 4.48. The minimum Gasteiger partial charge on any atom is -0.481 e. The summed E-state index contributed by atoms with van der Waals surface area (Å²) in [4.78, 5) is 11.0. The molecule has 2 bridgehead atoms. The molecule has 0 spiro atoms. The Bertz CT molecular complexity index is 229. The van der Waals surface area contributed by atoms with Gasteiger partial charge < -0.3 is 10.8 Å². The van der Waals surface area contributed by atoms with Crippen molar-refractivity contribution >= 4 is 5.97 Å². The Kier molecular flexibility index (Phi) is 1.49. The van der Waals surface area contributed by atoms with Crippen LogP contribution in [0.5, 0.6) is 0 Å². The number of fused-ring (bicyclic) bond motifs is 2. The van der Waals surface area contributed by atoms with Gasteiger partial charge in [0.25, 0.3) is 0 Å². The molecular weight excluding hydrogens is 154 g/mol. The third-order valence-corrected chi connectivity index (χ3v) is 3.58. The third-order valence-electron chi connectivity index (χ3n) is 3.58. The molecule has 68 valence electrons. The van der Waals surface area contributed by atoms with Gasteiger partial charge in [0.05, 0.1) is 5.41 Å². The van der Waals surface area contributed by atoms with E-state index >= 15 is 0 Å². The van der Waals surface area contributed by atoms with Gasteiger partial charge >= 0.3 is 5.97 Å². The van der Waals surface area contributed by atoms with Gasteiger partial charge in [-0.2, -0.15) is 0 Å². The smallest absolute Gasteiger partial charge is 0.309 e. The van der Waals surface area contributed by atoms with Crippen LogP contribution in [0.15, 0.2) is 0 Å². The average Bonchev–Trinajstić information content (AvgIpc) is 2.24. The van der Waals surface area contributed by atoms with E-state index in [9.17, 15) is 4.79 Å². The maximum Gasteiger partial charge on any atom is 0.309 e. The fourth-order valence-electron chi connectivity index (χ4n) is 2.83. The lowest BCUT2D eigenvalue weighted by molar-refractivity contribution is -0.150. The lowest BCUT2D eigenvalue weighted by atomic mass is 9.73. The molecule has 0 aromatic carbocycles. The first kappa shape index (κ1) is 8.05. The van der Waals surface area contributed by atoms with Crippen LogP contribution in [0.2, 0.25) is 0 Å². The van der Waals surface area contributed by atoms with Crippen LogP contribution in [0.25, 0.3) is 0 Å².